The van der Waals surface area contributed by atoms with Gasteiger partial charge in [0.2, 0.25) is 5.91 Å². The van der Waals surface area contributed by atoms with Gasteiger partial charge in [-0.05, 0) is 38.8 Å². The summed E-state index contributed by atoms with van der Waals surface area (Å²) in [6, 6.07) is 7.83. The van der Waals surface area contributed by atoms with Crippen molar-refractivity contribution in [2.75, 3.05) is 26.7 Å². The molecule has 1 aromatic carbocycles. The largest absolute Gasteiger partial charge is 0.352 e. The second kappa shape index (κ2) is 7.41. The maximum absolute atomic E-state index is 13.6. The molecular weight excluding hydrogens is 293 g/mol. The lowest BCUT2D eigenvalue weighted by molar-refractivity contribution is -0.123. The van der Waals surface area contributed by atoms with Gasteiger partial charge >= 0.3 is 0 Å². The van der Waals surface area contributed by atoms with E-state index in [1.54, 1.807) is 12.1 Å². The molecule has 0 bridgehead atoms. The second-order valence-corrected chi connectivity index (χ2v) is 6.87. The minimum absolute atomic E-state index is 0.0358. The van der Waals surface area contributed by atoms with Gasteiger partial charge in [0.1, 0.15) is 5.82 Å². The summed E-state index contributed by atoms with van der Waals surface area (Å²) >= 11 is 0. The van der Waals surface area contributed by atoms with Crippen LogP contribution in [-0.4, -0.2) is 54.5 Å². The van der Waals surface area contributed by atoms with Crippen molar-refractivity contribution in [2.24, 2.45) is 0 Å². The van der Waals surface area contributed by atoms with Crippen molar-refractivity contribution in [2.45, 2.75) is 44.3 Å². The third-order valence-corrected chi connectivity index (χ3v) is 4.77. The van der Waals surface area contributed by atoms with Crippen LogP contribution in [0.1, 0.15) is 31.2 Å². The lowest BCUT2D eigenvalue weighted by Gasteiger charge is -2.32. The van der Waals surface area contributed by atoms with Crippen molar-refractivity contribution in [1.29, 1.82) is 0 Å². The van der Waals surface area contributed by atoms with Crippen LogP contribution in [0.4, 0.5) is 4.39 Å². The van der Waals surface area contributed by atoms with Crippen molar-refractivity contribution in [3.05, 3.63) is 35.6 Å². The van der Waals surface area contributed by atoms with E-state index in [1.807, 2.05) is 18.0 Å². The van der Waals surface area contributed by atoms with Crippen molar-refractivity contribution in [1.82, 2.24) is 15.1 Å². The molecule has 23 heavy (non-hydrogen) atoms. The van der Waals surface area contributed by atoms with Gasteiger partial charge in [-0.25, -0.2) is 4.39 Å². The van der Waals surface area contributed by atoms with E-state index in [0.29, 0.717) is 24.7 Å². The number of likely N-dealkylation sites (tertiary alicyclic amines) is 1. The number of amides is 1. The van der Waals surface area contributed by atoms with Crippen LogP contribution < -0.4 is 5.32 Å². The molecule has 1 amide bonds. The molecule has 2 fully saturated rings. The SMILES string of the molecule is CN(CC(=O)NC1CCN(C2CC2)CC1)Cc1ccccc1F. The van der Waals surface area contributed by atoms with Crippen LogP contribution in [0, 0.1) is 5.82 Å². The number of rotatable bonds is 6. The van der Waals surface area contributed by atoms with E-state index in [1.165, 1.54) is 18.9 Å². The second-order valence-electron chi connectivity index (χ2n) is 6.87. The summed E-state index contributed by atoms with van der Waals surface area (Å²) in [7, 11) is 1.85. The Hall–Kier alpha value is -1.46. The number of piperidine rings is 1. The van der Waals surface area contributed by atoms with Gasteiger partial charge in [0.25, 0.3) is 0 Å². The van der Waals surface area contributed by atoms with Crippen LogP contribution in [0.5, 0.6) is 0 Å². The molecule has 1 heterocycles. The number of likely N-dealkylation sites (N-methyl/N-ethyl adjacent to an activating group) is 1. The van der Waals surface area contributed by atoms with Crippen LogP contribution in [0.2, 0.25) is 0 Å². The zero-order chi connectivity index (χ0) is 16.2. The highest BCUT2D eigenvalue weighted by molar-refractivity contribution is 5.78. The fourth-order valence-corrected chi connectivity index (χ4v) is 3.34. The van der Waals surface area contributed by atoms with E-state index in [9.17, 15) is 9.18 Å². The third kappa shape index (κ3) is 4.75. The fourth-order valence-electron chi connectivity index (χ4n) is 3.34. The topological polar surface area (TPSA) is 35.6 Å². The van der Waals surface area contributed by atoms with E-state index in [4.69, 9.17) is 0 Å². The Bertz CT molecular complexity index is 539. The number of nitrogens with zero attached hydrogens (tertiary/aromatic N) is 2. The van der Waals surface area contributed by atoms with Crippen molar-refractivity contribution in [3.63, 3.8) is 0 Å². The molecule has 4 nitrogen and oxygen atoms in total. The van der Waals surface area contributed by atoms with E-state index in [-0.39, 0.29) is 11.7 Å². The van der Waals surface area contributed by atoms with Crippen LogP contribution in [-0.2, 0) is 11.3 Å². The molecule has 0 aromatic heterocycles. The molecule has 1 aliphatic heterocycles. The molecule has 1 saturated carbocycles. The molecule has 2 aliphatic rings. The number of hydrogen-bond donors (Lipinski definition) is 1. The number of halogens is 1. The first-order valence-electron chi connectivity index (χ1n) is 8.57. The number of hydrogen-bond acceptors (Lipinski definition) is 3. The van der Waals surface area contributed by atoms with Crippen LogP contribution in [0.25, 0.3) is 0 Å². The van der Waals surface area contributed by atoms with E-state index < -0.39 is 0 Å². The molecule has 0 unspecified atom stereocenters. The highest BCUT2D eigenvalue weighted by Gasteiger charge is 2.32. The monoisotopic (exact) mass is 319 g/mol. The zero-order valence-corrected chi connectivity index (χ0v) is 13.8. The number of carbonyl (C=O) groups is 1. The fraction of sp³-hybridized carbons (Fsp3) is 0.611. The molecule has 5 heteroatoms. The number of carbonyl (C=O) groups excluding carboxylic acids is 1. The molecule has 1 aliphatic carbocycles. The highest BCUT2D eigenvalue weighted by atomic mass is 19.1. The zero-order valence-electron chi connectivity index (χ0n) is 13.8. The highest BCUT2D eigenvalue weighted by Crippen LogP contribution is 2.29. The summed E-state index contributed by atoms with van der Waals surface area (Å²) in [6.07, 6.45) is 4.77. The van der Waals surface area contributed by atoms with Gasteiger partial charge < -0.3 is 10.2 Å². The Labute approximate surface area is 137 Å². The molecule has 1 N–H and O–H groups in total. The van der Waals surface area contributed by atoms with Gasteiger partial charge in [0.15, 0.2) is 0 Å². The van der Waals surface area contributed by atoms with Crippen LogP contribution in [0.15, 0.2) is 24.3 Å². The van der Waals surface area contributed by atoms with E-state index in [2.05, 4.69) is 10.2 Å². The third-order valence-electron chi connectivity index (χ3n) is 4.77. The molecule has 0 atom stereocenters. The number of benzene rings is 1. The summed E-state index contributed by atoms with van der Waals surface area (Å²) in [6.45, 7) is 2.94. The Balaban J connectivity index is 1.39. The molecule has 3 rings (SSSR count). The average molecular weight is 319 g/mol. The lowest BCUT2D eigenvalue weighted by Crippen LogP contribution is -2.47. The first-order chi connectivity index (χ1) is 11.1. The molecular formula is C18H26FN3O. The first kappa shape index (κ1) is 16.4. The lowest BCUT2D eigenvalue weighted by atomic mass is 10.0. The summed E-state index contributed by atoms with van der Waals surface area (Å²) in [5.74, 6) is -0.180. The smallest absolute Gasteiger partial charge is 0.234 e. The van der Waals surface area contributed by atoms with Crippen LogP contribution >= 0.6 is 0 Å². The minimum atomic E-state index is -0.216. The predicted molar refractivity (Wildman–Crippen MR) is 88.5 cm³/mol. The summed E-state index contributed by atoms with van der Waals surface area (Å²) < 4.78 is 13.6. The Morgan fingerprint density at radius 2 is 1.96 bits per heavy atom. The van der Waals surface area contributed by atoms with E-state index >= 15 is 0 Å². The number of nitrogens with one attached hydrogen (secondary N) is 1. The Morgan fingerprint density at radius 1 is 1.26 bits per heavy atom. The molecule has 1 saturated heterocycles. The first-order valence-corrected chi connectivity index (χ1v) is 8.57. The van der Waals surface area contributed by atoms with Gasteiger partial charge in [0, 0.05) is 37.3 Å². The molecule has 1 aromatic rings. The van der Waals surface area contributed by atoms with Gasteiger partial charge in [-0.2, -0.15) is 0 Å². The predicted octanol–water partition coefficient (Wildman–Crippen LogP) is 2.00. The van der Waals surface area contributed by atoms with Crippen molar-refractivity contribution in [3.8, 4) is 0 Å². The molecule has 126 valence electrons. The van der Waals surface area contributed by atoms with Gasteiger partial charge in [-0.1, -0.05) is 18.2 Å². The summed E-state index contributed by atoms with van der Waals surface area (Å²) in [4.78, 5) is 16.6. The van der Waals surface area contributed by atoms with E-state index in [0.717, 1.165) is 32.0 Å². The van der Waals surface area contributed by atoms with Crippen molar-refractivity contribution >= 4 is 5.91 Å². The maximum atomic E-state index is 13.6. The Morgan fingerprint density at radius 3 is 2.61 bits per heavy atom. The molecule has 0 spiro atoms. The normalized spacial score (nSPS) is 20.0. The molecule has 0 radical (unpaired) electrons. The summed E-state index contributed by atoms with van der Waals surface area (Å²) in [5, 5.41) is 3.13. The van der Waals surface area contributed by atoms with Crippen molar-refractivity contribution < 1.29 is 9.18 Å². The standard InChI is InChI=1S/C18H26FN3O/c1-21(12-14-4-2-3-5-17(14)19)13-18(23)20-15-8-10-22(11-9-15)16-6-7-16/h2-5,15-16H,6-13H2,1H3,(H,20,23). The van der Waals surface area contributed by atoms with Gasteiger partial charge in [-0.15, -0.1) is 0 Å². The van der Waals surface area contributed by atoms with Gasteiger partial charge in [0.05, 0.1) is 6.54 Å². The maximum Gasteiger partial charge on any atom is 0.234 e. The quantitative estimate of drug-likeness (QED) is 0.871. The van der Waals surface area contributed by atoms with Gasteiger partial charge in [-0.3, -0.25) is 9.69 Å². The summed E-state index contributed by atoms with van der Waals surface area (Å²) in [5.41, 5.74) is 0.626. The minimum Gasteiger partial charge on any atom is -0.352 e. The van der Waals surface area contributed by atoms with Crippen LogP contribution in [0.3, 0.4) is 0 Å². The Kier molecular flexibility index (Phi) is 5.28. The average Bonchev–Trinajstić information content (AvgIpc) is 3.35.